The summed E-state index contributed by atoms with van der Waals surface area (Å²) < 4.78 is 94.5. The van der Waals surface area contributed by atoms with E-state index >= 15 is 8.78 Å². The number of aromatic amines is 1. The number of thiol groups is 2. The van der Waals surface area contributed by atoms with Gasteiger partial charge < -0.3 is 20.2 Å². The first-order chi connectivity index (χ1) is 21.3. The van der Waals surface area contributed by atoms with Crippen molar-refractivity contribution in [2.24, 2.45) is 0 Å². The zero-order chi connectivity index (χ0) is 31.8. The highest BCUT2D eigenvalue weighted by Gasteiger charge is 2.54. The molecule has 0 bridgehead atoms. The minimum absolute atomic E-state index is 0.00368. The first-order valence-corrected chi connectivity index (χ1v) is 18.5. The van der Waals surface area contributed by atoms with Crippen molar-refractivity contribution in [2.45, 2.75) is 56.1 Å². The molecule has 4 aromatic rings. The van der Waals surface area contributed by atoms with Gasteiger partial charge in [-0.2, -0.15) is 0 Å². The van der Waals surface area contributed by atoms with Crippen LogP contribution in [-0.4, -0.2) is 89.0 Å². The lowest BCUT2D eigenvalue weighted by molar-refractivity contribution is -0.0544. The second-order valence-corrected chi connectivity index (χ2v) is 16.0. The Bertz CT molecular complexity index is 1950. The molecule has 3 aliphatic heterocycles. The average Bonchev–Trinajstić information content (AvgIpc) is 3.72. The molecule has 7 rings (SSSR count). The number of hydrogen-bond donors (Lipinski definition) is 4. The van der Waals surface area contributed by atoms with Crippen LogP contribution in [0.3, 0.4) is 0 Å². The van der Waals surface area contributed by atoms with Gasteiger partial charge in [-0.25, -0.2) is 42.8 Å². The maximum absolute atomic E-state index is 16.0. The van der Waals surface area contributed by atoms with Crippen LogP contribution in [0, 0.1) is 6.92 Å². The first-order valence-electron chi connectivity index (χ1n) is 13.1. The van der Waals surface area contributed by atoms with Crippen molar-refractivity contribution in [2.75, 3.05) is 18.9 Å². The minimum atomic E-state index is -4.42. The van der Waals surface area contributed by atoms with Crippen LogP contribution in [0.25, 0.3) is 22.3 Å². The smallest absolute Gasteiger partial charge is 0.382 e. The molecule has 4 aromatic heterocycles. The number of nitrogens with two attached hydrogens (primary N) is 1. The molecule has 45 heavy (non-hydrogen) atoms. The molecule has 0 amide bonds. The SMILES string of the molecule is Cc1nc2c(ncn2[C@@H]2O[C@@H]3CO[P@@](=O)(S)O[C@H]4[C@@H](F)[C@H](n5cnc6c(N)ncnc65)O[C@@H]4CO[P@@](=O)(S)O[C@H]3[C@H]2F)c(=O)[nH]1. The minimum Gasteiger partial charge on any atom is -0.382 e. The molecule has 242 valence electrons. The average molecular weight is 710 g/mol. The van der Waals surface area contributed by atoms with Gasteiger partial charge in [-0.15, -0.1) is 0 Å². The van der Waals surface area contributed by atoms with Crippen molar-refractivity contribution < 1.29 is 45.5 Å². The fourth-order valence-corrected chi connectivity index (χ4v) is 8.30. The Morgan fingerprint density at radius 1 is 0.889 bits per heavy atom. The predicted molar refractivity (Wildman–Crippen MR) is 155 cm³/mol. The van der Waals surface area contributed by atoms with Gasteiger partial charge >= 0.3 is 13.6 Å². The predicted octanol–water partition coefficient (Wildman–Crippen LogP) is 2.21. The van der Waals surface area contributed by atoms with Crippen LogP contribution in [0.1, 0.15) is 18.3 Å². The third-order valence-corrected chi connectivity index (χ3v) is 10.6. The standard InChI is InChI=1S/C21H23F2N9O9P2S2/c1-7-29-18-13(19(33)30-7)28-6-32(18)21-11(23)15-9(39-21)3-37-42(34,44)40-14-8(2-36-43(35,45)41-15)38-20(10(14)22)31-5-27-12-16(24)25-4-26-17(12)31/h4-6,8-11,14-15,20-21H,2-3H2,1H3,(H,34,44)(H,35,45)(H2,24,25,26)(H,29,30,33)/t8-,9-,10-,11-,14-,15-,20-,21-,42-,43-/m1/s1. The van der Waals surface area contributed by atoms with Crippen LogP contribution >= 0.6 is 38.1 Å². The molecule has 3 aliphatic rings. The molecule has 0 aliphatic carbocycles. The van der Waals surface area contributed by atoms with E-state index < -0.39 is 81.6 Å². The highest BCUT2D eigenvalue weighted by molar-refractivity contribution is 8.44. The third kappa shape index (κ3) is 5.60. The summed E-state index contributed by atoms with van der Waals surface area (Å²) in [5.74, 6) is 0.275. The van der Waals surface area contributed by atoms with Crippen molar-refractivity contribution in [3.8, 4) is 0 Å². The van der Waals surface area contributed by atoms with E-state index in [4.69, 9.17) is 33.3 Å². The maximum atomic E-state index is 16.0. The van der Waals surface area contributed by atoms with Gasteiger partial charge in [0.25, 0.3) is 5.56 Å². The van der Waals surface area contributed by atoms with Gasteiger partial charge in [-0.1, -0.05) is 24.5 Å². The summed E-state index contributed by atoms with van der Waals surface area (Å²) in [5, 5.41) is 0. The molecular weight excluding hydrogens is 686 g/mol. The molecule has 0 radical (unpaired) electrons. The van der Waals surface area contributed by atoms with Crippen molar-refractivity contribution in [3.05, 3.63) is 35.2 Å². The number of alkyl halides is 2. The van der Waals surface area contributed by atoms with Crippen LogP contribution in [0.15, 0.2) is 23.8 Å². The number of nitrogen functional groups attached to an aromatic ring is 1. The Kier molecular flexibility index (Phi) is 7.82. The fraction of sp³-hybridized carbons (Fsp3) is 0.524. The molecule has 10 atom stereocenters. The number of nitrogens with one attached hydrogen (secondary N) is 1. The maximum Gasteiger partial charge on any atom is 0.386 e. The van der Waals surface area contributed by atoms with Crippen molar-refractivity contribution in [1.29, 1.82) is 0 Å². The summed E-state index contributed by atoms with van der Waals surface area (Å²) in [6.07, 6.45) is -9.65. The first kappa shape index (κ1) is 31.1. The number of aryl methyl sites for hydroxylation is 1. The van der Waals surface area contributed by atoms with Crippen molar-refractivity contribution in [1.82, 2.24) is 39.0 Å². The normalized spacial score (nSPS) is 37.7. The lowest BCUT2D eigenvalue weighted by Crippen LogP contribution is -2.36. The van der Waals surface area contributed by atoms with Gasteiger partial charge in [0.05, 0.1) is 25.9 Å². The summed E-state index contributed by atoms with van der Waals surface area (Å²) in [7, 11) is 0. The molecule has 24 heteroatoms. The highest BCUT2D eigenvalue weighted by Crippen LogP contribution is 2.60. The Hall–Kier alpha value is -2.52. The van der Waals surface area contributed by atoms with E-state index in [1.165, 1.54) is 17.8 Å². The second kappa shape index (κ2) is 11.3. The fourth-order valence-electron chi connectivity index (χ4n) is 5.34. The van der Waals surface area contributed by atoms with Gasteiger partial charge in [0, 0.05) is 0 Å². The molecule has 0 unspecified atom stereocenters. The van der Waals surface area contributed by atoms with E-state index in [0.29, 0.717) is 0 Å². The Balaban J connectivity index is 1.17. The Labute approximate surface area is 260 Å². The number of rotatable bonds is 2. The molecule has 0 aromatic carbocycles. The lowest BCUT2D eigenvalue weighted by atomic mass is 10.1. The molecule has 0 saturated carbocycles. The van der Waals surface area contributed by atoms with E-state index in [9.17, 15) is 13.9 Å². The summed E-state index contributed by atoms with van der Waals surface area (Å²) in [6, 6.07) is 0. The van der Waals surface area contributed by atoms with E-state index in [1.54, 1.807) is 0 Å². The van der Waals surface area contributed by atoms with Gasteiger partial charge in [0.15, 0.2) is 47.4 Å². The lowest BCUT2D eigenvalue weighted by Gasteiger charge is -2.28. The number of aromatic nitrogens is 8. The van der Waals surface area contributed by atoms with E-state index in [-0.39, 0.29) is 34.0 Å². The summed E-state index contributed by atoms with van der Waals surface area (Å²) >= 11 is 7.97. The number of anilines is 1. The molecule has 3 fully saturated rings. The number of imidazole rings is 2. The number of halogens is 2. The number of nitrogens with zero attached hydrogens (tertiary/aromatic N) is 7. The zero-order valence-electron chi connectivity index (χ0n) is 22.7. The molecule has 7 heterocycles. The Morgan fingerprint density at radius 3 is 2.00 bits per heavy atom. The summed E-state index contributed by atoms with van der Waals surface area (Å²) in [6.45, 7) is -8.66. The number of fused-ring (bicyclic) bond motifs is 4. The van der Waals surface area contributed by atoms with Crippen LogP contribution in [0.2, 0.25) is 0 Å². The van der Waals surface area contributed by atoms with Crippen molar-refractivity contribution in [3.63, 3.8) is 0 Å². The number of ether oxygens (including phenoxy) is 2. The molecule has 3 N–H and O–H groups in total. The Morgan fingerprint density at radius 2 is 1.42 bits per heavy atom. The van der Waals surface area contributed by atoms with Gasteiger partial charge in [-0.3, -0.25) is 32.0 Å². The number of hydrogen-bond acceptors (Lipinski definition) is 15. The summed E-state index contributed by atoms with van der Waals surface area (Å²) in [4.78, 5) is 35.0. The van der Waals surface area contributed by atoms with E-state index in [1.807, 2.05) is 0 Å². The van der Waals surface area contributed by atoms with Crippen LogP contribution in [0.5, 0.6) is 0 Å². The van der Waals surface area contributed by atoms with Crippen molar-refractivity contribution >= 4 is 66.2 Å². The van der Waals surface area contributed by atoms with Crippen LogP contribution in [-0.2, 0) is 36.7 Å². The largest absolute Gasteiger partial charge is 0.386 e. The molecule has 0 spiro atoms. The number of H-pyrrole nitrogens is 1. The van der Waals surface area contributed by atoms with Gasteiger partial charge in [0.1, 0.15) is 42.1 Å². The molecule has 18 nitrogen and oxygen atoms in total. The topological polar surface area (TPSA) is 223 Å². The summed E-state index contributed by atoms with van der Waals surface area (Å²) in [5.41, 5.74) is 5.51. The van der Waals surface area contributed by atoms with E-state index in [2.05, 4.69) is 54.4 Å². The molecular formula is C21H23F2N9O9P2S2. The zero-order valence-corrected chi connectivity index (χ0v) is 26.3. The van der Waals surface area contributed by atoms with Gasteiger partial charge in [-0.05, 0) is 6.92 Å². The second-order valence-electron chi connectivity index (χ2n) is 10.2. The van der Waals surface area contributed by atoms with Gasteiger partial charge in [0.2, 0.25) is 0 Å². The quantitative estimate of drug-likeness (QED) is 0.173. The monoisotopic (exact) mass is 709 g/mol. The van der Waals surface area contributed by atoms with Crippen LogP contribution in [0.4, 0.5) is 14.6 Å². The molecule has 3 saturated heterocycles. The van der Waals surface area contributed by atoms with Crippen LogP contribution < -0.4 is 11.3 Å². The third-order valence-electron chi connectivity index (χ3n) is 7.33. The van der Waals surface area contributed by atoms with E-state index in [0.717, 1.165) is 17.2 Å². The highest BCUT2D eigenvalue weighted by atomic mass is 32.7.